The lowest BCUT2D eigenvalue weighted by Crippen LogP contribution is -2.30. The molecule has 26 heavy (non-hydrogen) atoms. The Morgan fingerprint density at radius 1 is 1.15 bits per heavy atom. The molecule has 0 saturated heterocycles. The Labute approximate surface area is 163 Å². The Kier molecular flexibility index (Phi) is 7.14. The van der Waals surface area contributed by atoms with Crippen molar-refractivity contribution in [3.05, 3.63) is 51.5 Å². The normalized spacial score (nSPS) is 10.7. The molecule has 0 heterocycles. The number of nitrogens with zero attached hydrogens (tertiary/aromatic N) is 1. The fraction of sp³-hybridized carbons (Fsp3) is 0.316. The third-order valence-corrected chi connectivity index (χ3v) is 4.70. The highest BCUT2D eigenvalue weighted by Gasteiger charge is 2.15. The van der Waals surface area contributed by atoms with Crippen molar-refractivity contribution in [2.24, 2.45) is 0 Å². The molecule has 2 aromatic rings. The first-order chi connectivity index (χ1) is 12.3. The molecule has 0 aromatic heterocycles. The van der Waals surface area contributed by atoms with Crippen LogP contribution in [0.5, 0.6) is 11.5 Å². The lowest BCUT2D eigenvalue weighted by Gasteiger charge is -2.19. The molecule has 0 saturated carbocycles. The summed E-state index contributed by atoms with van der Waals surface area (Å²) in [5.41, 5.74) is 2.24. The van der Waals surface area contributed by atoms with Gasteiger partial charge in [0.05, 0.1) is 36.5 Å². The third-order valence-electron chi connectivity index (χ3n) is 3.90. The minimum Gasteiger partial charge on any atom is -0.497 e. The molecule has 7 heteroatoms. The maximum Gasteiger partial charge on any atom is 0.238 e. The average Bonchev–Trinajstić information content (AvgIpc) is 2.62. The smallest absolute Gasteiger partial charge is 0.238 e. The van der Waals surface area contributed by atoms with E-state index in [4.69, 9.17) is 32.7 Å². The molecule has 2 rings (SSSR count). The molecule has 0 spiro atoms. The summed E-state index contributed by atoms with van der Waals surface area (Å²) >= 11 is 12.4. The van der Waals surface area contributed by atoms with E-state index in [1.165, 1.54) is 0 Å². The summed E-state index contributed by atoms with van der Waals surface area (Å²) in [4.78, 5) is 14.2. The molecule has 0 atom stereocenters. The van der Waals surface area contributed by atoms with Crippen LogP contribution >= 0.6 is 23.2 Å². The van der Waals surface area contributed by atoms with Gasteiger partial charge in [0.15, 0.2) is 0 Å². The molecule has 0 aliphatic rings. The minimum atomic E-state index is -0.200. The molecule has 1 amide bonds. The molecular formula is C19H22Cl2N2O3. The van der Waals surface area contributed by atoms with Gasteiger partial charge in [0, 0.05) is 18.2 Å². The number of methoxy groups -OCH3 is 2. The first kappa shape index (κ1) is 20.4. The zero-order valence-electron chi connectivity index (χ0n) is 15.2. The third kappa shape index (κ3) is 5.04. The second-order valence-electron chi connectivity index (χ2n) is 5.95. The molecule has 5 nitrogen and oxygen atoms in total. The number of anilines is 1. The van der Waals surface area contributed by atoms with Gasteiger partial charge in [-0.25, -0.2) is 0 Å². The van der Waals surface area contributed by atoms with E-state index in [1.807, 2.05) is 43.1 Å². The van der Waals surface area contributed by atoms with Crippen LogP contribution in [0.3, 0.4) is 0 Å². The lowest BCUT2D eigenvalue weighted by molar-refractivity contribution is -0.117. The molecule has 140 valence electrons. The second kappa shape index (κ2) is 9.12. The van der Waals surface area contributed by atoms with Gasteiger partial charge in [-0.05, 0) is 31.7 Å². The number of rotatable bonds is 7. The van der Waals surface area contributed by atoms with E-state index in [0.29, 0.717) is 28.0 Å². The van der Waals surface area contributed by atoms with Gasteiger partial charge in [-0.3, -0.25) is 9.69 Å². The van der Waals surface area contributed by atoms with Crippen LogP contribution in [0.4, 0.5) is 5.69 Å². The van der Waals surface area contributed by atoms with E-state index in [9.17, 15) is 4.79 Å². The van der Waals surface area contributed by atoms with Crippen molar-refractivity contribution in [1.29, 1.82) is 0 Å². The first-order valence-corrected chi connectivity index (χ1v) is 8.75. The molecule has 2 aromatic carbocycles. The summed E-state index contributed by atoms with van der Waals surface area (Å²) in [7, 11) is 5.06. The standard InChI is InChI=1S/C19H22Cl2N2O3/c1-12-5-8-15(20)19(18(12)21)22-17(24)11-23(2)10-13-6-7-14(25-3)9-16(13)26-4/h5-9H,10-11H2,1-4H3,(H,22,24). The maximum atomic E-state index is 12.4. The number of nitrogens with one attached hydrogen (secondary N) is 1. The molecule has 0 aliphatic carbocycles. The molecule has 0 fully saturated rings. The number of likely N-dealkylation sites (N-methyl/N-ethyl adjacent to an activating group) is 1. The van der Waals surface area contributed by atoms with Crippen LogP contribution in [-0.4, -0.2) is 38.6 Å². The number of carbonyl (C=O) groups excluding carboxylic acids is 1. The summed E-state index contributed by atoms with van der Waals surface area (Å²) in [6, 6.07) is 9.11. The second-order valence-corrected chi connectivity index (χ2v) is 6.74. The van der Waals surface area contributed by atoms with Crippen LogP contribution in [0.1, 0.15) is 11.1 Å². The number of amides is 1. The van der Waals surface area contributed by atoms with E-state index in [2.05, 4.69) is 5.32 Å². The van der Waals surface area contributed by atoms with Crippen LogP contribution in [0, 0.1) is 6.92 Å². The fourth-order valence-corrected chi connectivity index (χ4v) is 2.99. The van der Waals surface area contributed by atoms with Crippen LogP contribution < -0.4 is 14.8 Å². The zero-order valence-corrected chi connectivity index (χ0v) is 16.7. The van der Waals surface area contributed by atoms with Gasteiger partial charge < -0.3 is 14.8 Å². The average molecular weight is 397 g/mol. The van der Waals surface area contributed by atoms with Crippen molar-refractivity contribution in [2.75, 3.05) is 33.1 Å². The highest BCUT2D eigenvalue weighted by Crippen LogP contribution is 2.33. The number of halogens is 2. The molecule has 0 radical (unpaired) electrons. The maximum absolute atomic E-state index is 12.4. The fourth-order valence-electron chi connectivity index (χ4n) is 2.52. The highest BCUT2D eigenvalue weighted by atomic mass is 35.5. The van der Waals surface area contributed by atoms with Crippen LogP contribution in [0.15, 0.2) is 30.3 Å². The summed E-state index contributed by atoms with van der Waals surface area (Å²) < 4.78 is 10.6. The number of benzene rings is 2. The first-order valence-electron chi connectivity index (χ1n) is 7.99. The SMILES string of the molecule is COc1ccc(CN(C)CC(=O)Nc2c(Cl)ccc(C)c2Cl)c(OC)c1. The van der Waals surface area contributed by atoms with Crippen LogP contribution in [-0.2, 0) is 11.3 Å². The number of carbonyl (C=O) groups is 1. The van der Waals surface area contributed by atoms with Gasteiger partial charge in [-0.15, -0.1) is 0 Å². The summed E-state index contributed by atoms with van der Waals surface area (Å²) in [5, 5.41) is 3.65. The van der Waals surface area contributed by atoms with E-state index in [0.717, 1.165) is 16.9 Å². The van der Waals surface area contributed by atoms with Gasteiger partial charge in [-0.2, -0.15) is 0 Å². The van der Waals surface area contributed by atoms with Crippen molar-refractivity contribution in [2.45, 2.75) is 13.5 Å². The van der Waals surface area contributed by atoms with Gasteiger partial charge in [-0.1, -0.05) is 35.3 Å². The quantitative estimate of drug-likeness (QED) is 0.753. The van der Waals surface area contributed by atoms with Gasteiger partial charge in [0.25, 0.3) is 0 Å². The molecule has 0 aliphatic heterocycles. The molecular weight excluding hydrogens is 375 g/mol. The summed E-state index contributed by atoms with van der Waals surface area (Å²) in [5.74, 6) is 1.23. The monoisotopic (exact) mass is 396 g/mol. The predicted octanol–water partition coefficient (Wildman–Crippen LogP) is 4.39. The van der Waals surface area contributed by atoms with Crippen molar-refractivity contribution in [3.8, 4) is 11.5 Å². The number of aryl methyl sites for hydroxylation is 1. The summed E-state index contributed by atoms with van der Waals surface area (Å²) in [6.07, 6.45) is 0. The molecule has 1 N–H and O–H groups in total. The largest absolute Gasteiger partial charge is 0.497 e. The van der Waals surface area contributed by atoms with Crippen LogP contribution in [0.25, 0.3) is 0 Å². The Balaban J connectivity index is 2.03. The zero-order chi connectivity index (χ0) is 19.3. The summed E-state index contributed by atoms with van der Waals surface area (Å²) in [6.45, 7) is 2.57. The van der Waals surface area contributed by atoms with E-state index in [1.54, 1.807) is 20.3 Å². The van der Waals surface area contributed by atoms with Crippen molar-refractivity contribution >= 4 is 34.8 Å². The predicted molar refractivity (Wildman–Crippen MR) is 106 cm³/mol. The number of hydrogen-bond donors (Lipinski definition) is 1. The van der Waals surface area contributed by atoms with Gasteiger partial charge >= 0.3 is 0 Å². The Bertz CT molecular complexity index is 797. The Morgan fingerprint density at radius 3 is 2.54 bits per heavy atom. The van der Waals surface area contributed by atoms with Crippen molar-refractivity contribution in [3.63, 3.8) is 0 Å². The Hall–Kier alpha value is -1.95. The minimum absolute atomic E-state index is 0.176. The van der Waals surface area contributed by atoms with Crippen molar-refractivity contribution < 1.29 is 14.3 Å². The van der Waals surface area contributed by atoms with E-state index in [-0.39, 0.29) is 12.5 Å². The Morgan fingerprint density at radius 2 is 1.88 bits per heavy atom. The van der Waals surface area contributed by atoms with Crippen LogP contribution in [0.2, 0.25) is 10.0 Å². The molecule has 0 bridgehead atoms. The van der Waals surface area contributed by atoms with Gasteiger partial charge in [0.1, 0.15) is 11.5 Å². The number of ether oxygens (including phenoxy) is 2. The van der Waals surface area contributed by atoms with E-state index >= 15 is 0 Å². The number of hydrogen-bond acceptors (Lipinski definition) is 4. The lowest BCUT2D eigenvalue weighted by atomic mass is 10.1. The van der Waals surface area contributed by atoms with Crippen molar-refractivity contribution in [1.82, 2.24) is 4.90 Å². The highest BCUT2D eigenvalue weighted by molar-refractivity contribution is 6.40. The van der Waals surface area contributed by atoms with E-state index < -0.39 is 0 Å². The topological polar surface area (TPSA) is 50.8 Å². The van der Waals surface area contributed by atoms with Gasteiger partial charge in [0.2, 0.25) is 5.91 Å². The molecule has 0 unspecified atom stereocenters.